The summed E-state index contributed by atoms with van der Waals surface area (Å²) >= 11 is 6.58. The van der Waals surface area contributed by atoms with E-state index in [0.29, 0.717) is 23.1 Å². The molecule has 1 aliphatic carbocycles. The number of rotatable bonds is 15. The van der Waals surface area contributed by atoms with E-state index in [-0.39, 0.29) is 25.8 Å². The van der Waals surface area contributed by atoms with Gasteiger partial charge in [-0.1, -0.05) is 30.5 Å². The fourth-order valence-corrected chi connectivity index (χ4v) is 9.89. The maximum absolute atomic E-state index is 15.4. The summed E-state index contributed by atoms with van der Waals surface area (Å²) in [4.78, 5) is 50.6. The number of fused-ring (bicyclic) bond motifs is 2. The molecule has 6 rings (SSSR count). The zero-order valence-corrected chi connectivity index (χ0v) is 42.3. The van der Waals surface area contributed by atoms with Crippen molar-refractivity contribution < 1.29 is 89.4 Å². The summed E-state index contributed by atoms with van der Waals surface area (Å²) in [6.45, 7) is -0.543. The molecule has 3 heterocycles. The van der Waals surface area contributed by atoms with E-state index in [1.165, 1.54) is 13.8 Å². The Kier molecular flexibility index (Phi) is 15.9. The molecule has 0 fully saturated rings. The van der Waals surface area contributed by atoms with Crippen LogP contribution < -0.4 is 9.62 Å². The van der Waals surface area contributed by atoms with Gasteiger partial charge in [0.2, 0.25) is 15.9 Å². The Labute approximate surface area is 420 Å². The summed E-state index contributed by atoms with van der Waals surface area (Å²) in [5, 5.41) is 5.00. The third kappa shape index (κ3) is 13.0. The molecule has 0 saturated heterocycles. The SMILES string of the molecule is C[C@H]1CC(F)(F)c2c1c(C(F)(F)F)cn2CC(=O)N[C@@H](Cc1cc(F)cc(F)c1)c1nc(C#CC(C)(C)S(C)(=O)=O)ccc1-c1ccc(Cl)c2c(N(C(=O)OCCCP(=O)(O)O)S(C)(=O)=O)nn(CC(F)(F)F)c12. The molecule has 2 atom stereocenters. The number of sulfonamides is 1. The first-order chi connectivity index (χ1) is 33.8. The van der Waals surface area contributed by atoms with Crippen LogP contribution in [0.1, 0.15) is 79.3 Å². The van der Waals surface area contributed by atoms with Crippen LogP contribution in [0.3, 0.4) is 0 Å². The fourth-order valence-electron chi connectivity index (χ4n) is 8.11. The molecule has 3 N–H and O–H groups in total. The molecule has 0 radical (unpaired) electrons. The third-order valence-corrected chi connectivity index (χ3v) is 15.6. The number of carbonyl (C=O) groups is 2. The number of anilines is 1. The van der Waals surface area contributed by atoms with Gasteiger partial charge in [0.15, 0.2) is 15.7 Å². The number of hydrogen-bond acceptors (Lipinski definition) is 10. The number of carbonyl (C=O) groups excluding carboxylic acids is 2. The molecular formula is C44H42ClF10N6O10PS2. The minimum absolute atomic E-state index is 0.176. The van der Waals surface area contributed by atoms with Gasteiger partial charge >= 0.3 is 26.0 Å². The minimum atomic E-state index is -5.20. The minimum Gasteiger partial charge on any atom is -0.448 e. The summed E-state index contributed by atoms with van der Waals surface area (Å²) in [6, 6.07) is 4.49. The first-order valence-corrected chi connectivity index (χ1v) is 27.3. The van der Waals surface area contributed by atoms with Gasteiger partial charge in [0.25, 0.3) is 5.92 Å². The van der Waals surface area contributed by atoms with Crippen molar-refractivity contribution in [2.75, 3.05) is 29.6 Å². The molecule has 0 spiro atoms. The van der Waals surface area contributed by atoms with E-state index >= 15 is 8.78 Å². The standard InChI is InChI=1S/C44H42ClF10N6O10PS2/c1-23-19-42(48,49)38-34(23)30(44(53,54)55)20-59(38)21-33(62)57-32(17-24-15-25(46)18-26(47)16-24)36-28(8-7-27(56-36)11-12-41(2,3)73(4,67)68)29-9-10-31(45)35-37(29)60(22-43(50,51)52)58-39(35)61(74(5,69)70)40(63)71-13-6-14-72(64,65)66/h7-10,15-16,18,20,23,32H,6,13-14,17,19,21-22H2,1-5H3,(H,57,62)(H2,64,65,66)/t23-,32-/m0/s1. The van der Waals surface area contributed by atoms with Crippen LogP contribution in [-0.4, -0.2) is 94.2 Å². The first kappa shape index (κ1) is 57.6. The van der Waals surface area contributed by atoms with E-state index in [9.17, 15) is 75.9 Å². The summed E-state index contributed by atoms with van der Waals surface area (Å²) in [5.74, 6) is -4.90. The molecule has 0 bridgehead atoms. The highest BCUT2D eigenvalue weighted by molar-refractivity contribution is 7.93. The number of nitrogens with zero attached hydrogens (tertiary/aromatic N) is 5. The van der Waals surface area contributed by atoms with Gasteiger partial charge in [-0.25, -0.2) is 35.4 Å². The van der Waals surface area contributed by atoms with Gasteiger partial charge in [0, 0.05) is 36.1 Å². The van der Waals surface area contributed by atoms with Crippen LogP contribution >= 0.6 is 19.2 Å². The molecule has 5 aromatic rings. The lowest BCUT2D eigenvalue weighted by Crippen LogP contribution is -2.37. The molecule has 0 saturated carbocycles. The second kappa shape index (κ2) is 20.4. The van der Waals surface area contributed by atoms with Gasteiger partial charge in [-0.15, -0.1) is 0 Å². The molecular weight excluding hydrogens is 1090 g/mol. The van der Waals surface area contributed by atoms with Crippen LogP contribution in [0.2, 0.25) is 5.02 Å². The maximum atomic E-state index is 15.4. The van der Waals surface area contributed by atoms with Crippen LogP contribution in [0, 0.1) is 23.5 Å². The highest BCUT2D eigenvalue weighted by Gasteiger charge is 2.52. The van der Waals surface area contributed by atoms with Gasteiger partial charge in [-0.2, -0.15) is 44.5 Å². The van der Waals surface area contributed by atoms with Gasteiger partial charge < -0.3 is 24.4 Å². The number of ether oxygens (including phenoxy) is 1. The van der Waals surface area contributed by atoms with Gasteiger partial charge in [-0.05, 0) is 80.0 Å². The second-order valence-electron chi connectivity index (χ2n) is 17.8. The average Bonchev–Trinajstić information content (AvgIpc) is 3.86. The largest absolute Gasteiger partial charge is 0.448 e. The molecule has 2 aromatic carbocycles. The predicted molar refractivity (Wildman–Crippen MR) is 247 cm³/mol. The number of hydrogen-bond donors (Lipinski definition) is 3. The lowest BCUT2D eigenvalue weighted by atomic mass is 9.93. The zero-order chi connectivity index (χ0) is 55.5. The molecule has 30 heteroatoms. The zero-order valence-electron chi connectivity index (χ0n) is 39.0. The number of sulfone groups is 1. The summed E-state index contributed by atoms with van der Waals surface area (Å²) in [7, 11) is -13.5. The van der Waals surface area contributed by atoms with Gasteiger partial charge in [-0.3, -0.25) is 14.0 Å². The van der Waals surface area contributed by atoms with Crippen molar-refractivity contribution in [2.45, 2.75) is 88.1 Å². The van der Waals surface area contributed by atoms with Crippen molar-refractivity contribution >= 4 is 67.8 Å². The molecule has 402 valence electrons. The Hall–Kier alpha value is -5.72. The number of benzene rings is 2. The molecule has 74 heavy (non-hydrogen) atoms. The van der Waals surface area contributed by atoms with E-state index in [1.807, 2.05) is 0 Å². The number of aromatic nitrogens is 4. The quantitative estimate of drug-likeness (QED) is 0.0388. The van der Waals surface area contributed by atoms with Crippen LogP contribution in [0.25, 0.3) is 22.0 Å². The van der Waals surface area contributed by atoms with E-state index < -0.39 is 181 Å². The van der Waals surface area contributed by atoms with Crippen molar-refractivity contribution in [2.24, 2.45) is 0 Å². The number of amides is 2. The predicted octanol–water partition coefficient (Wildman–Crippen LogP) is 8.76. The van der Waals surface area contributed by atoms with Gasteiger partial charge in [0.05, 0.1) is 57.9 Å². The number of pyridine rings is 1. The Morgan fingerprint density at radius 3 is 2.20 bits per heavy atom. The van der Waals surface area contributed by atoms with Crippen LogP contribution in [0.4, 0.5) is 54.5 Å². The van der Waals surface area contributed by atoms with Crippen molar-refractivity contribution in [1.82, 2.24) is 24.6 Å². The maximum Gasteiger partial charge on any atom is 0.429 e. The van der Waals surface area contributed by atoms with Crippen molar-refractivity contribution in [3.05, 3.63) is 99.1 Å². The Morgan fingerprint density at radius 1 is 1.01 bits per heavy atom. The lowest BCUT2D eigenvalue weighted by molar-refractivity contribution is -0.142. The Balaban J connectivity index is 1.64. The second-order valence-corrected chi connectivity index (χ2v) is 24.4. The smallest absolute Gasteiger partial charge is 0.429 e. The summed E-state index contributed by atoms with van der Waals surface area (Å²) < 4.78 is 214. The fraction of sp³-hybridized carbons (Fsp3) is 0.409. The highest BCUT2D eigenvalue weighted by Crippen LogP contribution is 2.53. The Bertz CT molecular complexity index is 3380. The van der Waals surface area contributed by atoms with E-state index in [2.05, 4.69) is 27.2 Å². The number of halogens is 11. The van der Waals surface area contributed by atoms with Gasteiger partial charge in [0.1, 0.15) is 35.2 Å². The lowest BCUT2D eigenvalue weighted by Gasteiger charge is -2.23. The van der Waals surface area contributed by atoms with E-state index in [1.54, 1.807) is 0 Å². The molecule has 0 aliphatic heterocycles. The van der Waals surface area contributed by atoms with Crippen LogP contribution in [0.5, 0.6) is 0 Å². The average molecular weight is 1140 g/mol. The monoisotopic (exact) mass is 1130 g/mol. The molecule has 2 amide bonds. The number of alkyl halides is 8. The van der Waals surface area contributed by atoms with E-state index in [4.69, 9.17) is 16.3 Å². The number of nitrogens with one attached hydrogen (secondary N) is 1. The first-order valence-electron chi connectivity index (χ1n) is 21.4. The van der Waals surface area contributed by atoms with Crippen molar-refractivity contribution in [1.29, 1.82) is 0 Å². The summed E-state index contributed by atoms with van der Waals surface area (Å²) in [6.07, 6.45) is -13.7. The van der Waals surface area contributed by atoms with Crippen LogP contribution in [-0.2, 0) is 65.6 Å². The van der Waals surface area contributed by atoms with E-state index in [0.717, 1.165) is 49.6 Å². The van der Waals surface area contributed by atoms with Crippen LogP contribution in [0.15, 0.2) is 48.7 Å². The molecule has 16 nitrogen and oxygen atoms in total. The molecule has 1 aliphatic rings. The Morgan fingerprint density at radius 2 is 1.64 bits per heavy atom. The van der Waals surface area contributed by atoms with Crippen molar-refractivity contribution in [3.8, 4) is 23.0 Å². The molecule has 3 aromatic heterocycles. The molecule has 0 unspecified atom stereocenters. The topological polar surface area (TPSA) is 220 Å². The highest BCUT2D eigenvalue weighted by atomic mass is 35.5. The summed E-state index contributed by atoms with van der Waals surface area (Å²) in [5.41, 5.74) is -5.95. The normalized spacial score (nSPS) is 15.6. The van der Waals surface area contributed by atoms with Crippen molar-refractivity contribution in [3.63, 3.8) is 0 Å². The third-order valence-electron chi connectivity index (χ3n) is 11.5.